The summed E-state index contributed by atoms with van der Waals surface area (Å²) in [6.07, 6.45) is 0.539. The lowest BCUT2D eigenvalue weighted by Gasteiger charge is -2.20. The third-order valence-corrected chi connectivity index (χ3v) is 2.78. The predicted octanol–water partition coefficient (Wildman–Crippen LogP) is 0.913. The number of ether oxygens (including phenoxy) is 1. The van der Waals surface area contributed by atoms with Gasteiger partial charge in [-0.05, 0) is 33.1 Å². The molecule has 3 atom stereocenters. The first-order valence-corrected chi connectivity index (χ1v) is 7.17. The lowest BCUT2D eigenvalue weighted by atomic mass is 10.1. The van der Waals surface area contributed by atoms with Crippen LogP contribution in [0.2, 0.25) is 0 Å². The first kappa shape index (κ1) is 18.4. The maximum absolute atomic E-state index is 11.5. The molecule has 0 heterocycles. The number of carbonyl (C=O) groups excluding carboxylic acids is 1. The van der Waals surface area contributed by atoms with Crippen LogP contribution < -0.4 is 10.6 Å². The minimum atomic E-state index is -0.591. The molecule has 0 fully saturated rings. The standard InChI is InChI=1S/C14H30N2O3/c1-6-15-14(18)12(5)16-8-13(17)9-19-11(4)7-10(2)3/h10-13,16-17H,6-9H2,1-5H3,(H,15,18). The van der Waals surface area contributed by atoms with Crippen LogP contribution >= 0.6 is 0 Å². The van der Waals surface area contributed by atoms with Gasteiger partial charge < -0.3 is 20.5 Å². The minimum absolute atomic E-state index is 0.0520. The van der Waals surface area contributed by atoms with Crippen LogP contribution in [-0.4, -0.2) is 49.0 Å². The Morgan fingerprint density at radius 1 is 1.26 bits per heavy atom. The number of hydrogen-bond acceptors (Lipinski definition) is 4. The van der Waals surface area contributed by atoms with Crippen LogP contribution in [0.5, 0.6) is 0 Å². The Kier molecular flexibility index (Phi) is 9.83. The molecule has 0 rings (SSSR count). The van der Waals surface area contributed by atoms with Crippen LogP contribution in [0.3, 0.4) is 0 Å². The molecule has 0 bridgehead atoms. The van der Waals surface area contributed by atoms with Crippen LogP contribution in [0.25, 0.3) is 0 Å². The van der Waals surface area contributed by atoms with Crippen molar-refractivity contribution in [2.75, 3.05) is 19.7 Å². The molecule has 1 amide bonds. The summed E-state index contributed by atoms with van der Waals surface area (Å²) in [5.41, 5.74) is 0. The molecule has 0 aliphatic carbocycles. The van der Waals surface area contributed by atoms with Gasteiger partial charge in [-0.1, -0.05) is 13.8 Å². The van der Waals surface area contributed by atoms with Gasteiger partial charge in [-0.25, -0.2) is 0 Å². The smallest absolute Gasteiger partial charge is 0.236 e. The van der Waals surface area contributed by atoms with E-state index in [-0.39, 0.29) is 18.1 Å². The highest BCUT2D eigenvalue weighted by Gasteiger charge is 2.14. The van der Waals surface area contributed by atoms with E-state index >= 15 is 0 Å². The molecule has 0 aliphatic rings. The second kappa shape index (κ2) is 10.2. The van der Waals surface area contributed by atoms with Crippen molar-refractivity contribution in [2.24, 2.45) is 5.92 Å². The highest BCUT2D eigenvalue weighted by molar-refractivity contribution is 5.81. The molecule has 0 aromatic carbocycles. The average Bonchev–Trinajstić information content (AvgIpc) is 2.32. The molecule has 0 spiro atoms. The fraction of sp³-hybridized carbons (Fsp3) is 0.929. The summed E-state index contributed by atoms with van der Waals surface area (Å²) < 4.78 is 5.56. The first-order valence-electron chi connectivity index (χ1n) is 7.17. The van der Waals surface area contributed by atoms with Crippen molar-refractivity contribution >= 4 is 5.91 Å². The number of aliphatic hydroxyl groups excluding tert-OH is 1. The third kappa shape index (κ3) is 9.87. The second-order valence-electron chi connectivity index (χ2n) is 5.45. The molecule has 114 valence electrons. The number of likely N-dealkylation sites (N-methyl/N-ethyl adjacent to an activating group) is 1. The number of nitrogens with one attached hydrogen (secondary N) is 2. The molecule has 0 radical (unpaired) electrons. The zero-order chi connectivity index (χ0) is 14.8. The van der Waals surface area contributed by atoms with E-state index in [4.69, 9.17) is 4.74 Å². The van der Waals surface area contributed by atoms with E-state index in [0.717, 1.165) is 6.42 Å². The number of amides is 1. The lowest BCUT2D eigenvalue weighted by Crippen LogP contribution is -2.45. The maximum Gasteiger partial charge on any atom is 0.236 e. The van der Waals surface area contributed by atoms with Crippen molar-refractivity contribution in [1.82, 2.24) is 10.6 Å². The van der Waals surface area contributed by atoms with Gasteiger partial charge in [0, 0.05) is 13.1 Å². The van der Waals surface area contributed by atoms with E-state index in [2.05, 4.69) is 24.5 Å². The van der Waals surface area contributed by atoms with Crippen LogP contribution in [0.1, 0.15) is 41.0 Å². The Morgan fingerprint density at radius 3 is 2.42 bits per heavy atom. The second-order valence-corrected chi connectivity index (χ2v) is 5.45. The lowest BCUT2D eigenvalue weighted by molar-refractivity contribution is -0.122. The molecule has 0 aromatic heterocycles. The summed E-state index contributed by atoms with van der Waals surface area (Å²) in [5, 5.41) is 15.5. The van der Waals surface area contributed by atoms with E-state index in [1.165, 1.54) is 0 Å². The maximum atomic E-state index is 11.5. The van der Waals surface area contributed by atoms with E-state index < -0.39 is 6.10 Å². The molecule has 3 N–H and O–H groups in total. The fourth-order valence-electron chi connectivity index (χ4n) is 1.80. The van der Waals surface area contributed by atoms with Gasteiger partial charge in [0.1, 0.15) is 0 Å². The van der Waals surface area contributed by atoms with Gasteiger partial charge in [-0.2, -0.15) is 0 Å². The molecule has 0 aliphatic heterocycles. The molecule has 5 nitrogen and oxygen atoms in total. The normalized spacial score (nSPS) is 16.2. The average molecular weight is 274 g/mol. The van der Waals surface area contributed by atoms with Crippen LogP contribution in [0.4, 0.5) is 0 Å². The Labute approximate surface area is 117 Å². The monoisotopic (exact) mass is 274 g/mol. The SMILES string of the molecule is CCNC(=O)C(C)NCC(O)COC(C)CC(C)C. The van der Waals surface area contributed by atoms with Gasteiger partial charge in [-0.3, -0.25) is 4.79 Å². The molecule has 19 heavy (non-hydrogen) atoms. The van der Waals surface area contributed by atoms with Gasteiger partial charge in [0.15, 0.2) is 0 Å². The fourth-order valence-corrected chi connectivity index (χ4v) is 1.80. The Morgan fingerprint density at radius 2 is 1.89 bits per heavy atom. The van der Waals surface area contributed by atoms with E-state index in [0.29, 0.717) is 25.6 Å². The van der Waals surface area contributed by atoms with Crippen molar-refractivity contribution in [3.63, 3.8) is 0 Å². The van der Waals surface area contributed by atoms with Crippen molar-refractivity contribution in [3.05, 3.63) is 0 Å². The van der Waals surface area contributed by atoms with Gasteiger partial charge >= 0.3 is 0 Å². The predicted molar refractivity (Wildman–Crippen MR) is 77.0 cm³/mol. The summed E-state index contributed by atoms with van der Waals surface area (Å²) >= 11 is 0. The molecule has 0 aromatic rings. The Hall–Kier alpha value is -0.650. The van der Waals surface area contributed by atoms with Crippen LogP contribution in [0, 0.1) is 5.92 Å². The highest BCUT2D eigenvalue weighted by atomic mass is 16.5. The summed E-state index contributed by atoms with van der Waals surface area (Å²) in [4.78, 5) is 11.5. The Balaban J connectivity index is 3.74. The van der Waals surface area contributed by atoms with E-state index in [9.17, 15) is 9.90 Å². The topological polar surface area (TPSA) is 70.6 Å². The highest BCUT2D eigenvalue weighted by Crippen LogP contribution is 2.07. The van der Waals surface area contributed by atoms with Gasteiger partial charge in [0.2, 0.25) is 5.91 Å². The van der Waals surface area contributed by atoms with Crippen LogP contribution in [0.15, 0.2) is 0 Å². The molecule has 0 saturated carbocycles. The van der Waals surface area contributed by atoms with Crippen molar-refractivity contribution in [3.8, 4) is 0 Å². The minimum Gasteiger partial charge on any atom is -0.389 e. The number of rotatable bonds is 10. The van der Waals surface area contributed by atoms with Gasteiger partial charge in [0.25, 0.3) is 0 Å². The van der Waals surface area contributed by atoms with Crippen LogP contribution in [-0.2, 0) is 9.53 Å². The number of hydrogen-bond donors (Lipinski definition) is 3. The number of aliphatic hydroxyl groups is 1. The molecular formula is C14H30N2O3. The molecule has 5 heteroatoms. The zero-order valence-corrected chi connectivity index (χ0v) is 12.9. The largest absolute Gasteiger partial charge is 0.389 e. The van der Waals surface area contributed by atoms with Gasteiger partial charge in [0.05, 0.1) is 24.9 Å². The van der Waals surface area contributed by atoms with E-state index in [1.807, 2.05) is 13.8 Å². The van der Waals surface area contributed by atoms with E-state index in [1.54, 1.807) is 6.92 Å². The summed E-state index contributed by atoms with van der Waals surface area (Å²) in [6.45, 7) is 11.2. The van der Waals surface area contributed by atoms with Crippen molar-refractivity contribution < 1.29 is 14.6 Å². The number of carbonyl (C=O) groups is 1. The Bertz CT molecular complexity index is 247. The summed E-state index contributed by atoms with van der Waals surface area (Å²) in [5.74, 6) is 0.534. The van der Waals surface area contributed by atoms with Crippen molar-refractivity contribution in [2.45, 2.75) is 59.3 Å². The summed E-state index contributed by atoms with van der Waals surface area (Å²) in [6, 6.07) is -0.303. The summed E-state index contributed by atoms with van der Waals surface area (Å²) in [7, 11) is 0. The first-order chi connectivity index (χ1) is 8.86. The molecular weight excluding hydrogens is 244 g/mol. The zero-order valence-electron chi connectivity index (χ0n) is 12.9. The third-order valence-electron chi connectivity index (χ3n) is 2.78. The molecule has 3 unspecified atom stereocenters. The quantitative estimate of drug-likeness (QED) is 0.554. The van der Waals surface area contributed by atoms with Gasteiger partial charge in [-0.15, -0.1) is 0 Å². The van der Waals surface area contributed by atoms with Crippen molar-refractivity contribution in [1.29, 1.82) is 0 Å². The molecule has 0 saturated heterocycles.